The molecule has 0 radical (unpaired) electrons. The molecule has 0 saturated heterocycles. The van der Waals surface area contributed by atoms with Gasteiger partial charge in [-0.1, -0.05) is 40.7 Å². The van der Waals surface area contributed by atoms with E-state index in [9.17, 15) is 5.11 Å². The van der Waals surface area contributed by atoms with E-state index in [1.165, 1.54) is 16.7 Å². The minimum Gasteiger partial charge on any atom is -0.478 e. The van der Waals surface area contributed by atoms with Crippen LogP contribution >= 0.6 is 0 Å². The Labute approximate surface area is 189 Å². The minimum atomic E-state index is 0.238. The molecule has 0 aromatic carbocycles. The van der Waals surface area contributed by atoms with Crippen LogP contribution in [0.3, 0.4) is 0 Å². The summed E-state index contributed by atoms with van der Waals surface area (Å²) in [4.78, 5) is 9.76. The Morgan fingerprint density at radius 2 is 1.84 bits per heavy atom. The smallest absolute Gasteiger partial charge is 0.213 e. The van der Waals surface area contributed by atoms with Crippen molar-refractivity contribution in [1.29, 1.82) is 0 Å². The van der Waals surface area contributed by atoms with Gasteiger partial charge in [0.1, 0.15) is 0 Å². The lowest BCUT2D eigenvalue weighted by molar-refractivity contribution is 0.279. The van der Waals surface area contributed by atoms with E-state index in [1.54, 1.807) is 0 Å². The topological polar surface area (TPSA) is 55.2 Å². The number of hydrogen-bond donors (Lipinski definition) is 1. The van der Waals surface area contributed by atoms with E-state index in [-0.39, 0.29) is 6.61 Å². The highest BCUT2D eigenvalue weighted by Crippen LogP contribution is 2.34. The molecule has 0 aliphatic carbocycles. The molecule has 0 bridgehead atoms. The van der Waals surface area contributed by atoms with Crippen molar-refractivity contribution < 1.29 is 9.84 Å². The molecule has 2 aromatic heterocycles. The molecular formula is C27H42N2O2. The molecule has 0 unspecified atom stereocenters. The first kappa shape index (κ1) is 26.8. The molecule has 4 heteroatoms. The number of rotatable bonds is 10. The molecule has 1 N–H and O–H groups in total. The Hall–Kier alpha value is -2.20. The lowest BCUT2D eigenvalue weighted by atomic mass is 9.87. The molecule has 2 aromatic rings. The predicted molar refractivity (Wildman–Crippen MR) is 133 cm³/mol. The summed E-state index contributed by atoms with van der Waals surface area (Å²) in [7, 11) is 0. The van der Waals surface area contributed by atoms with Crippen molar-refractivity contribution in [2.24, 2.45) is 5.92 Å². The minimum absolute atomic E-state index is 0.238. The van der Waals surface area contributed by atoms with Crippen LogP contribution in [-0.2, 0) is 12.8 Å². The van der Waals surface area contributed by atoms with Gasteiger partial charge < -0.3 is 9.84 Å². The molecule has 172 valence electrons. The van der Waals surface area contributed by atoms with Crippen LogP contribution < -0.4 is 4.74 Å². The van der Waals surface area contributed by atoms with Gasteiger partial charge in [0.05, 0.1) is 18.0 Å². The van der Waals surface area contributed by atoms with E-state index in [0.717, 1.165) is 48.3 Å². The highest BCUT2D eigenvalue weighted by atomic mass is 16.5. The van der Waals surface area contributed by atoms with Crippen LogP contribution in [0.15, 0.2) is 24.3 Å². The van der Waals surface area contributed by atoms with Gasteiger partial charge >= 0.3 is 0 Å². The number of allylic oxidation sites excluding steroid dienone is 2. The van der Waals surface area contributed by atoms with E-state index < -0.39 is 0 Å². The number of aryl methyl sites for hydroxylation is 3. The summed E-state index contributed by atoms with van der Waals surface area (Å²) < 4.78 is 5.59. The Kier molecular flexibility index (Phi) is 12.1. The Morgan fingerprint density at radius 1 is 1.13 bits per heavy atom. The Balaban J connectivity index is 0.00000233. The molecule has 0 aliphatic rings. The average molecular weight is 427 g/mol. The van der Waals surface area contributed by atoms with Gasteiger partial charge in [0, 0.05) is 23.9 Å². The van der Waals surface area contributed by atoms with E-state index >= 15 is 0 Å². The summed E-state index contributed by atoms with van der Waals surface area (Å²) in [5.74, 6) is 1.06. The molecule has 31 heavy (non-hydrogen) atoms. The van der Waals surface area contributed by atoms with Gasteiger partial charge in [-0.25, -0.2) is 4.98 Å². The standard InChI is InChI=1S/C25H36N2O2.C2H6/c1-7-19-16-22(20(8-2)17(5)12-11-15-28)18(6)26-25(19)21-13-14-24(29-10-4)27-23(21)9-3;1-2/h8,13-14,16-17,28H,7,9-12,15H2,1-6H3;1-2H3/b20-8-;/t17-;/m1./s1. The van der Waals surface area contributed by atoms with Gasteiger partial charge in [0.25, 0.3) is 0 Å². The first-order valence-corrected chi connectivity index (χ1v) is 11.9. The zero-order valence-corrected chi connectivity index (χ0v) is 20.9. The summed E-state index contributed by atoms with van der Waals surface area (Å²) in [6, 6.07) is 6.34. The zero-order chi connectivity index (χ0) is 23.4. The van der Waals surface area contributed by atoms with E-state index in [4.69, 9.17) is 14.7 Å². The fraction of sp³-hybridized carbons (Fsp3) is 0.556. The number of hydrogen-bond acceptors (Lipinski definition) is 4. The van der Waals surface area contributed by atoms with E-state index in [0.29, 0.717) is 18.4 Å². The monoisotopic (exact) mass is 426 g/mol. The van der Waals surface area contributed by atoms with Gasteiger partial charge in [-0.15, -0.1) is 0 Å². The molecule has 1 atom stereocenters. The maximum Gasteiger partial charge on any atom is 0.213 e. The Bertz CT molecular complexity index is 843. The molecule has 2 rings (SSSR count). The molecule has 4 nitrogen and oxygen atoms in total. The second-order valence-corrected chi connectivity index (χ2v) is 7.42. The van der Waals surface area contributed by atoms with Crippen molar-refractivity contribution in [1.82, 2.24) is 9.97 Å². The third kappa shape index (κ3) is 6.90. The van der Waals surface area contributed by atoms with Crippen LogP contribution in [0.2, 0.25) is 0 Å². The highest BCUT2D eigenvalue weighted by molar-refractivity contribution is 5.74. The van der Waals surface area contributed by atoms with Gasteiger partial charge in [-0.05, 0) is 81.2 Å². The van der Waals surface area contributed by atoms with Crippen LogP contribution in [-0.4, -0.2) is 28.3 Å². The second-order valence-electron chi connectivity index (χ2n) is 7.42. The van der Waals surface area contributed by atoms with Crippen LogP contribution in [0.4, 0.5) is 0 Å². The van der Waals surface area contributed by atoms with Crippen molar-refractivity contribution in [2.45, 2.75) is 81.1 Å². The predicted octanol–water partition coefficient (Wildman–Crippen LogP) is 6.81. The van der Waals surface area contributed by atoms with Gasteiger partial charge in [0.15, 0.2) is 0 Å². The largest absolute Gasteiger partial charge is 0.478 e. The Morgan fingerprint density at radius 3 is 2.39 bits per heavy atom. The van der Waals surface area contributed by atoms with Crippen LogP contribution in [0.25, 0.3) is 16.8 Å². The van der Waals surface area contributed by atoms with Crippen molar-refractivity contribution in [2.75, 3.05) is 13.2 Å². The number of aromatic nitrogens is 2. The summed E-state index contributed by atoms with van der Waals surface area (Å²) in [6.45, 7) is 17.5. The number of aliphatic hydroxyl groups is 1. The fourth-order valence-corrected chi connectivity index (χ4v) is 3.89. The van der Waals surface area contributed by atoms with Crippen molar-refractivity contribution in [3.05, 3.63) is 46.8 Å². The van der Waals surface area contributed by atoms with Crippen LogP contribution in [0, 0.1) is 12.8 Å². The van der Waals surface area contributed by atoms with Crippen LogP contribution in [0.1, 0.15) is 83.8 Å². The summed E-state index contributed by atoms with van der Waals surface area (Å²) >= 11 is 0. The molecule has 0 amide bonds. The number of nitrogens with zero attached hydrogens (tertiary/aromatic N) is 2. The zero-order valence-electron chi connectivity index (χ0n) is 20.9. The van der Waals surface area contributed by atoms with E-state index in [1.807, 2.05) is 26.8 Å². The molecule has 0 saturated carbocycles. The highest BCUT2D eigenvalue weighted by Gasteiger charge is 2.18. The normalized spacial score (nSPS) is 12.2. The second kappa shape index (κ2) is 14.0. The molecule has 0 fully saturated rings. The number of aliphatic hydroxyl groups excluding tert-OH is 1. The first-order valence-electron chi connectivity index (χ1n) is 11.9. The van der Waals surface area contributed by atoms with Crippen molar-refractivity contribution in [3.63, 3.8) is 0 Å². The molecule has 2 heterocycles. The number of pyridine rings is 2. The SMILES string of the molecule is C/C=C(\c1cc(CC)c(-c2ccc(OCC)nc2CC)nc1C)[C@H](C)CCCO.CC. The van der Waals surface area contributed by atoms with Crippen LogP contribution in [0.5, 0.6) is 5.88 Å². The first-order chi connectivity index (χ1) is 15.0. The third-order valence-corrected chi connectivity index (χ3v) is 5.45. The summed E-state index contributed by atoms with van der Waals surface area (Å²) in [5, 5.41) is 9.20. The lowest BCUT2D eigenvalue weighted by Crippen LogP contribution is -2.07. The van der Waals surface area contributed by atoms with Crippen molar-refractivity contribution >= 4 is 5.57 Å². The maximum atomic E-state index is 9.20. The van der Waals surface area contributed by atoms with Gasteiger partial charge in [-0.3, -0.25) is 4.98 Å². The molecule has 0 spiro atoms. The van der Waals surface area contributed by atoms with Crippen molar-refractivity contribution in [3.8, 4) is 17.1 Å². The third-order valence-electron chi connectivity index (χ3n) is 5.45. The molecule has 0 aliphatic heterocycles. The lowest BCUT2D eigenvalue weighted by Gasteiger charge is -2.20. The molecular weight excluding hydrogens is 384 g/mol. The van der Waals surface area contributed by atoms with E-state index in [2.05, 4.69) is 52.8 Å². The number of ether oxygens (including phenoxy) is 1. The summed E-state index contributed by atoms with van der Waals surface area (Å²) in [6.07, 6.45) is 5.73. The maximum absolute atomic E-state index is 9.20. The average Bonchev–Trinajstić information content (AvgIpc) is 2.80. The quantitative estimate of drug-likeness (QED) is 0.453. The van der Waals surface area contributed by atoms with Gasteiger partial charge in [-0.2, -0.15) is 0 Å². The summed E-state index contributed by atoms with van der Waals surface area (Å²) in [5.41, 5.74) is 7.95. The van der Waals surface area contributed by atoms with Gasteiger partial charge in [0.2, 0.25) is 5.88 Å². The fourth-order valence-electron chi connectivity index (χ4n) is 3.89.